The fourth-order valence-electron chi connectivity index (χ4n) is 3.68. The number of carbonyl (C=O) groups is 2. The molecule has 0 atom stereocenters. The Labute approximate surface area is 211 Å². The molecule has 2 aromatic heterocycles. The lowest BCUT2D eigenvalue weighted by atomic mass is 10.0. The number of amides is 2. The highest BCUT2D eigenvalue weighted by Gasteiger charge is 2.19. The van der Waals surface area contributed by atoms with E-state index in [2.05, 4.69) is 15.3 Å². The molecule has 9 nitrogen and oxygen atoms in total. The van der Waals surface area contributed by atoms with Gasteiger partial charge in [-0.3, -0.25) is 14.8 Å². The van der Waals surface area contributed by atoms with Gasteiger partial charge in [0.05, 0.1) is 32.9 Å². The minimum atomic E-state index is -0.608. The van der Waals surface area contributed by atoms with Gasteiger partial charge in [-0.15, -0.1) is 0 Å². The number of pyridine rings is 2. The van der Waals surface area contributed by atoms with Crippen LogP contribution < -0.4 is 14.8 Å². The van der Waals surface area contributed by atoms with Crippen molar-refractivity contribution < 1.29 is 23.8 Å². The quantitative estimate of drug-likeness (QED) is 0.481. The molecule has 1 N–H and O–H groups in total. The fourth-order valence-corrected chi connectivity index (χ4v) is 3.68. The predicted molar refractivity (Wildman–Crippen MR) is 137 cm³/mol. The lowest BCUT2D eigenvalue weighted by molar-refractivity contribution is -0.129. The highest BCUT2D eigenvalue weighted by molar-refractivity contribution is 5.93. The highest BCUT2D eigenvalue weighted by Crippen LogP contribution is 2.35. The zero-order valence-electron chi connectivity index (χ0n) is 21.8. The molecule has 3 aromatic rings. The van der Waals surface area contributed by atoms with Crippen molar-refractivity contribution in [3.8, 4) is 11.5 Å². The molecule has 3 rings (SSSR count). The Morgan fingerprint density at radius 2 is 1.72 bits per heavy atom. The third-order valence-corrected chi connectivity index (χ3v) is 5.55. The van der Waals surface area contributed by atoms with Crippen LogP contribution in [0.4, 0.5) is 4.79 Å². The number of nitrogens with one attached hydrogen (secondary N) is 1. The number of nitrogens with zero attached hydrogens (tertiary/aromatic N) is 3. The lowest BCUT2D eigenvalue weighted by Gasteiger charge is -2.20. The molecule has 9 heteroatoms. The molecule has 0 aliphatic carbocycles. The summed E-state index contributed by atoms with van der Waals surface area (Å²) in [6.07, 6.45) is 3.72. The van der Waals surface area contributed by atoms with Crippen molar-refractivity contribution in [1.82, 2.24) is 20.2 Å². The van der Waals surface area contributed by atoms with Crippen molar-refractivity contribution in [2.75, 3.05) is 27.8 Å². The van der Waals surface area contributed by atoms with E-state index in [-0.39, 0.29) is 18.9 Å². The van der Waals surface area contributed by atoms with Gasteiger partial charge in [0.2, 0.25) is 5.91 Å². The summed E-state index contributed by atoms with van der Waals surface area (Å²) >= 11 is 0. The summed E-state index contributed by atoms with van der Waals surface area (Å²) in [7, 11) is 4.90. The predicted octanol–water partition coefficient (Wildman–Crippen LogP) is 3.92. The first-order valence-corrected chi connectivity index (χ1v) is 11.7. The van der Waals surface area contributed by atoms with Gasteiger partial charge in [-0.2, -0.15) is 0 Å². The fraction of sp³-hybridized carbons (Fsp3) is 0.407. The molecule has 0 unspecified atom stereocenters. The zero-order chi connectivity index (χ0) is 26.3. The van der Waals surface area contributed by atoms with Crippen molar-refractivity contribution in [2.24, 2.45) is 0 Å². The van der Waals surface area contributed by atoms with Crippen molar-refractivity contribution >= 4 is 22.8 Å². The van der Waals surface area contributed by atoms with E-state index in [0.717, 1.165) is 22.0 Å². The molecule has 0 fully saturated rings. The minimum Gasteiger partial charge on any atom is -0.493 e. The summed E-state index contributed by atoms with van der Waals surface area (Å²) in [6, 6.07) is 9.39. The number of ether oxygens (including phenoxy) is 3. The van der Waals surface area contributed by atoms with Gasteiger partial charge < -0.3 is 24.4 Å². The van der Waals surface area contributed by atoms with Crippen molar-refractivity contribution in [3.63, 3.8) is 0 Å². The highest BCUT2D eigenvalue weighted by atomic mass is 16.6. The number of hydrogen-bond acceptors (Lipinski definition) is 7. The average molecular weight is 495 g/mol. The van der Waals surface area contributed by atoms with E-state index in [9.17, 15) is 9.59 Å². The summed E-state index contributed by atoms with van der Waals surface area (Å²) in [5.74, 6) is 1.03. The van der Waals surface area contributed by atoms with Gasteiger partial charge in [-0.05, 0) is 56.0 Å². The summed E-state index contributed by atoms with van der Waals surface area (Å²) in [5, 5.41) is 4.30. The molecule has 0 aliphatic heterocycles. The third kappa shape index (κ3) is 7.07. The molecule has 2 heterocycles. The second-order valence-corrected chi connectivity index (χ2v) is 9.40. The number of rotatable bonds is 9. The Kier molecular flexibility index (Phi) is 8.68. The van der Waals surface area contributed by atoms with Crippen LogP contribution in [0, 0.1) is 0 Å². The van der Waals surface area contributed by atoms with Gasteiger partial charge in [-0.1, -0.05) is 6.07 Å². The van der Waals surface area contributed by atoms with Crippen molar-refractivity contribution in [1.29, 1.82) is 0 Å². The second-order valence-electron chi connectivity index (χ2n) is 9.40. The number of likely N-dealkylation sites (N-methyl/N-ethyl adjacent to an activating group) is 1. The minimum absolute atomic E-state index is 0.0385. The number of aromatic nitrogens is 2. The summed E-state index contributed by atoms with van der Waals surface area (Å²) in [4.78, 5) is 35.8. The van der Waals surface area contributed by atoms with Gasteiger partial charge in [0.25, 0.3) is 0 Å². The van der Waals surface area contributed by atoms with Crippen LogP contribution in [0.15, 0.2) is 42.7 Å². The van der Waals surface area contributed by atoms with E-state index in [1.807, 2.05) is 30.3 Å². The lowest BCUT2D eigenvalue weighted by Crippen LogP contribution is -2.32. The topological polar surface area (TPSA) is 103 Å². The first kappa shape index (κ1) is 26.7. The van der Waals surface area contributed by atoms with E-state index in [1.54, 1.807) is 59.3 Å². The van der Waals surface area contributed by atoms with Crippen LogP contribution in [-0.4, -0.2) is 60.3 Å². The molecule has 1 aromatic carbocycles. The Morgan fingerprint density at radius 1 is 1.03 bits per heavy atom. The largest absolute Gasteiger partial charge is 0.493 e. The molecule has 2 amide bonds. The van der Waals surface area contributed by atoms with E-state index < -0.39 is 11.7 Å². The van der Waals surface area contributed by atoms with E-state index in [0.29, 0.717) is 30.2 Å². The first-order valence-electron chi connectivity index (χ1n) is 11.7. The van der Waals surface area contributed by atoms with Crippen molar-refractivity contribution in [2.45, 2.75) is 45.8 Å². The number of carbonyl (C=O) groups excluding carboxylic acids is 2. The zero-order valence-corrected chi connectivity index (χ0v) is 21.8. The SMILES string of the molecule is COc1cc2c(CC(=O)N(C)CCc3ccccn3)cnc(CNC(=O)OC(C)(C)C)c2cc1OC. The molecule has 36 heavy (non-hydrogen) atoms. The Morgan fingerprint density at radius 3 is 2.33 bits per heavy atom. The second kappa shape index (κ2) is 11.7. The molecule has 0 spiro atoms. The smallest absolute Gasteiger partial charge is 0.407 e. The van der Waals surface area contributed by atoms with Crippen LogP contribution in [0.5, 0.6) is 11.5 Å². The van der Waals surface area contributed by atoms with Gasteiger partial charge in [0, 0.05) is 43.5 Å². The summed E-state index contributed by atoms with van der Waals surface area (Å²) in [6.45, 7) is 6.11. The maximum Gasteiger partial charge on any atom is 0.407 e. The van der Waals surface area contributed by atoms with Gasteiger partial charge in [-0.25, -0.2) is 4.79 Å². The van der Waals surface area contributed by atoms with Crippen LogP contribution in [0.1, 0.15) is 37.7 Å². The molecule has 0 bridgehead atoms. The third-order valence-electron chi connectivity index (χ3n) is 5.55. The van der Waals surface area contributed by atoms with Crippen LogP contribution in [0.2, 0.25) is 0 Å². The van der Waals surface area contributed by atoms with E-state index in [4.69, 9.17) is 14.2 Å². The van der Waals surface area contributed by atoms with Gasteiger partial charge in [0.15, 0.2) is 11.5 Å². The van der Waals surface area contributed by atoms with Crippen LogP contribution in [-0.2, 0) is 28.9 Å². The molecular formula is C27H34N4O5. The first-order chi connectivity index (χ1) is 17.1. The number of hydrogen-bond donors (Lipinski definition) is 1. The van der Waals surface area contributed by atoms with Crippen molar-refractivity contribution in [3.05, 3.63) is 59.7 Å². The van der Waals surface area contributed by atoms with E-state index in [1.165, 1.54) is 0 Å². The van der Waals surface area contributed by atoms with Gasteiger partial charge in [0.1, 0.15) is 5.60 Å². The average Bonchev–Trinajstić information content (AvgIpc) is 2.85. The van der Waals surface area contributed by atoms with Crippen LogP contribution in [0.25, 0.3) is 10.8 Å². The molecule has 0 aliphatic rings. The standard InChI is InChI=1S/C27H34N4O5/c1-27(2,3)36-26(33)30-17-22-21-15-24(35-6)23(34-5)14-20(21)18(16-29-22)13-25(32)31(4)12-10-19-9-7-8-11-28-19/h7-9,11,14-16H,10,12-13,17H2,1-6H3,(H,30,33). The number of alkyl carbamates (subject to hydrolysis) is 1. The van der Waals surface area contributed by atoms with Gasteiger partial charge >= 0.3 is 6.09 Å². The number of methoxy groups -OCH3 is 2. The summed E-state index contributed by atoms with van der Waals surface area (Å²) < 4.78 is 16.3. The summed E-state index contributed by atoms with van der Waals surface area (Å²) in [5.41, 5.74) is 1.70. The Balaban J connectivity index is 1.84. The maximum atomic E-state index is 13.0. The number of benzene rings is 1. The Bertz CT molecular complexity index is 1210. The van der Waals surface area contributed by atoms with Crippen LogP contribution in [0.3, 0.4) is 0 Å². The van der Waals surface area contributed by atoms with Crippen LogP contribution >= 0.6 is 0 Å². The molecule has 0 saturated carbocycles. The normalized spacial score (nSPS) is 11.2. The monoisotopic (exact) mass is 494 g/mol. The maximum absolute atomic E-state index is 13.0. The van der Waals surface area contributed by atoms with E-state index >= 15 is 0 Å². The number of fused-ring (bicyclic) bond motifs is 1. The Hall–Kier alpha value is -3.88. The molecule has 0 radical (unpaired) electrons. The molecular weight excluding hydrogens is 460 g/mol. The molecule has 0 saturated heterocycles. The molecule has 192 valence electrons.